The lowest BCUT2D eigenvalue weighted by atomic mass is 10.1. The normalized spacial score (nSPS) is 10.5. The largest absolute Gasteiger partial charge is 0.478 e. The van der Waals surface area contributed by atoms with Crippen molar-refractivity contribution in [1.82, 2.24) is 9.55 Å². The predicted octanol–water partition coefficient (Wildman–Crippen LogP) is 2.11. The van der Waals surface area contributed by atoms with E-state index >= 15 is 0 Å². The van der Waals surface area contributed by atoms with E-state index in [-0.39, 0.29) is 5.56 Å². The summed E-state index contributed by atoms with van der Waals surface area (Å²) in [4.78, 5) is 15.5. The molecule has 0 aliphatic carbocycles. The number of rotatable bonds is 4. The number of hydrogen-bond donors (Lipinski definition) is 2. The van der Waals surface area contributed by atoms with Crippen molar-refractivity contribution in [3.63, 3.8) is 0 Å². The number of hydrogen-bond acceptors (Lipinski definition) is 3. The number of anilines is 1. The summed E-state index contributed by atoms with van der Waals surface area (Å²) in [5.41, 5.74) is 7.05. The van der Waals surface area contributed by atoms with Crippen molar-refractivity contribution in [2.75, 3.05) is 5.73 Å². The lowest BCUT2D eigenvalue weighted by Crippen LogP contribution is -2.08. The molecule has 18 heavy (non-hydrogen) atoms. The van der Waals surface area contributed by atoms with Crippen molar-refractivity contribution in [3.8, 4) is 5.69 Å². The molecule has 5 heteroatoms. The van der Waals surface area contributed by atoms with Gasteiger partial charge in [0.25, 0.3) is 0 Å². The molecular formula is C13H15N3O2. The highest BCUT2D eigenvalue weighted by molar-refractivity contribution is 5.92. The number of carboxylic acids is 1. The number of imidazole rings is 1. The highest BCUT2D eigenvalue weighted by Gasteiger charge is 2.14. The van der Waals surface area contributed by atoms with Crippen LogP contribution in [0.4, 0.5) is 5.69 Å². The number of aryl methyl sites for hydroxylation is 1. The molecule has 0 saturated carbocycles. The first-order chi connectivity index (χ1) is 8.63. The highest BCUT2D eigenvalue weighted by Crippen LogP contribution is 2.20. The minimum atomic E-state index is -0.971. The van der Waals surface area contributed by atoms with Gasteiger partial charge in [-0.15, -0.1) is 0 Å². The monoisotopic (exact) mass is 245 g/mol. The van der Waals surface area contributed by atoms with Gasteiger partial charge in [0.1, 0.15) is 5.82 Å². The number of carboxylic acid groups (broad SMARTS) is 1. The van der Waals surface area contributed by atoms with Crippen LogP contribution in [0.2, 0.25) is 0 Å². The van der Waals surface area contributed by atoms with Crippen molar-refractivity contribution in [2.45, 2.75) is 19.8 Å². The highest BCUT2D eigenvalue weighted by atomic mass is 16.4. The second kappa shape index (κ2) is 4.91. The van der Waals surface area contributed by atoms with Gasteiger partial charge in [0.2, 0.25) is 0 Å². The number of aromatic carboxylic acids is 1. The van der Waals surface area contributed by atoms with Crippen LogP contribution in [0, 0.1) is 0 Å². The predicted molar refractivity (Wildman–Crippen MR) is 68.9 cm³/mol. The Morgan fingerprint density at radius 3 is 2.94 bits per heavy atom. The molecule has 0 amide bonds. The van der Waals surface area contributed by atoms with Crippen LogP contribution in [0.25, 0.3) is 5.69 Å². The van der Waals surface area contributed by atoms with Crippen LogP contribution >= 0.6 is 0 Å². The Labute approximate surface area is 105 Å². The molecule has 0 aliphatic heterocycles. The van der Waals surface area contributed by atoms with Gasteiger partial charge in [-0.2, -0.15) is 0 Å². The Bertz CT molecular complexity index is 575. The average molecular weight is 245 g/mol. The van der Waals surface area contributed by atoms with Gasteiger partial charge in [-0.05, 0) is 24.6 Å². The van der Waals surface area contributed by atoms with Crippen LogP contribution in [0.5, 0.6) is 0 Å². The van der Waals surface area contributed by atoms with E-state index in [0.29, 0.717) is 11.4 Å². The van der Waals surface area contributed by atoms with Crippen LogP contribution in [-0.2, 0) is 6.42 Å². The Morgan fingerprint density at radius 1 is 1.50 bits per heavy atom. The van der Waals surface area contributed by atoms with Crippen molar-refractivity contribution in [1.29, 1.82) is 0 Å². The fourth-order valence-electron chi connectivity index (χ4n) is 1.89. The number of benzene rings is 1. The Kier molecular flexibility index (Phi) is 3.32. The van der Waals surface area contributed by atoms with E-state index in [1.54, 1.807) is 29.1 Å². The zero-order valence-corrected chi connectivity index (χ0v) is 10.1. The van der Waals surface area contributed by atoms with Gasteiger partial charge < -0.3 is 15.4 Å². The lowest BCUT2D eigenvalue weighted by Gasteiger charge is -2.11. The zero-order valence-electron chi connectivity index (χ0n) is 10.1. The van der Waals surface area contributed by atoms with Gasteiger partial charge in [-0.1, -0.05) is 6.92 Å². The third kappa shape index (κ3) is 2.20. The summed E-state index contributed by atoms with van der Waals surface area (Å²) in [6.45, 7) is 2.05. The summed E-state index contributed by atoms with van der Waals surface area (Å²) in [6, 6.07) is 4.76. The van der Waals surface area contributed by atoms with E-state index in [1.807, 2.05) is 0 Å². The molecule has 2 rings (SSSR count). The van der Waals surface area contributed by atoms with Gasteiger partial charge in [-0.25, -0.2) is 9.78 Å². The van der Waals surface area contributed by atoms with Gasteiger partial charge in [0, 0.05) is 24.5 Å². The summed E-state index contributed by atoms with van der Waals surface area (Å²) in [5, 5.41) is 9.20. The fraction of sp³-hybridized carbons (Fsp3) is 0.231. The minimum absolute atomic E-state index is 0.222. The van der Waals surface area contributed by atoms with Gasteiger partial charge in [0.15, 0.2) is 0 Å². The molecule has 0 fully saturated rings. The van der Waals surface area contributed by atoms with Crippen molar-refractivity contribution in [3.05, 3.63) is 42.0 Å². The number of nitrogens with two attached hydrogens (primary N) is 1. The van der Waals surface area contributed by atoms with Gasteiger partial charge >= 0.3 is 5.97 Å². The molecule has 0 spiro atoms. The third-order valence-corrected chi connectivity index (χ3v) is 2.70. The maximum atomic E-state index is 11.2. The van der Waals surface area contributed by atoms with E-state index < -0.39 is 5.97 Å². The zero-order chi connectivity index (χ0) is 13.1. The first-order valence-electron chi connectivity index (χ1n) is 5.79. The molecular weight excluding hydrogens is 230 g/mol. The minimum Gasteiger partial charge on any atom is -0.478 e. The average Bonchev–Trinajstić information content (AvgIpc) is 2.77. The molecule has 0 unspecified atom stereocenters. The number of nitrogen functional groups attached to an aromatic ring is 1. The van der Waals surface area contributed by atoms with Crippen LogP contribution < -0.4 is 5.73 Å². The standard InChI is InChI=1S/C13H15N3O2/c1-2-3-12-15-6-7-16(12)11-8-9(14)4-5-10(11)13(17)18/h4-8H,2-3,14H2,1H3,(H,17,18). The quantitative estimate of drug-likeness (QED) is 0.808. The number of nitrogens with zero attached hydrogens (tertiary/aromatic N) is 2. The Balaban J connectivity index is 2.58. The van der Waals surface area contributed by atoms with Crippen molar-refractivity contribution >= 4 is 11.7 Å². The summed E-state index contributed by atoms with van der Waals surface area (Å²) < 4.78 is 1.78. The second-order valence-corrected chi connectivity index (χ2v) is 4.05. The maximum Gasteiger partial charge on any atom is 0.337 e. The van der Waals surface area contributed by atoms with Gasteiger partial charge in [-0.3, -0.25) is 0 Å². The number of carbonyl (C=O) groups is 1. The van der Waals surface area contributed by atoms with E-state index in [0.717, 1.165) is 18.7 Å². The van der Waals surface area contributed by atoms with Crippen LogP contribution in [-0.4, -0.2) is 20.6 Å². The molecule has 1 heterocycles. The van der Waals surface area contributed by atoms with Crippen LogP contribution in [0.3, 0.4) is 0 Å². The van der Waals surface area contributed by atoms with E-state index in [9.17, 15) is 9.90 Å². The van der Waals surface area contributed by atoms with Crippen LogP contribution in [0.15, 0.2) is 30.6 Å². The maximum absolute atomic E-state index is 11.2. The second-order valence-electron chi connectivity index (χ2n) is 4.05. The fourth-order valence-corrected chi connectivity index (χ4v) is 1.89. The van der Waals surface area contributed by atoms with Crippen molar-refractivity contribution in [2.24, 2.45) is 0 Å². The molecule has 3 N–H and O–H groups in total. The van der Waals surface area contributed by atoms with Crippen LogP contribution in [0.1, 0.15) is 29.5 Å². The van der Waals surface area contributed by atoms with Gasteiger partial charge in [0.05, 0.1) is 11.3 Å². The van der Waals surface area contributed by atoms with E-state index in [4.69, 9.17) is 5.73 Å². The molecule has 0 aliphatic rings. The SMILES string of the molecule is CCCc1nccn1-c1cc(N)ccc1C(=O)O. The molecule has 5 nitrogen and oxygen atoms in total. The number of aromatic nitrogens is 2. The summed E-state index contributed by atoms with van der Waals surface area (Å²) in [7, 11) is 0. The molecule has 1 aromatic carbocycles. The molecule has 2 aromatic rings. The molecule has 1 aromatic heterocycles. The van der Waals surface area contributed by atoms with E-state index in [1.165, 1.54) is 6.07 Å². The first kappa shape index (κ1) is 12.2. The van der Waals surface area contributed by atoms with E-state index in [2.05, 4.69) is 11.9 Å². The Hall–Kier alpha value is -2.30. The summed E-state index contributed by atoms with van der Waals surface area (Å²) in [6.07, 6.45) is 5.16. The van der Waals surface area contributed by atoms with Crippen molar-refractivity contribution < 1.29 is 9.90 Å². The first-order valence-corrected chi connectivity index (χ1v) is 5.79. The molecule has 94 valence electrons. The molecule has 0 bridgehead atoms. The third-order valence-electron chi connectivity index (χ3n) is 2.70. The molecule has 0 radical (unpaired) electrons. The summed E-state index contributed by atoms with van der Waals surface area (Å²) in [5.74, 6) is -0.133. The Morgan fingerprint density at radius 2 is 2.28 bits per heavy atom. The smallest absolute Gasteiger partial charge is 0.337 e. The summed E-state index contributed by atoms with van der Waals surface area (Å²) >= 11 is 0. The topological polar surface area (TPSA) is 81.1 Å². The lowest BCUT2D eigenvalue weighted by molar-refractivity contribution is 0.0697. The molecule has 0 atom stereocenters. The molecule has 0 saturated heterocycles.